The van der Waals surface area contributed by atoms with Crippen LogP contribution < -0.4 is 5.32 Å². The molecule has 0 atom stereocenters. The van der Waals surface area contributed by atoms with E-state index in [9.17, 15) is 4.79 Å². The summed E-state index contributed by atoms with van der Waals surface area (Å²) in [6.07, 6.45) is 3.86. The highest BCUT2D eigenvalue weighted by Gasteiger charge is 2.17. The molecule has 6 nitrogen and oxygen atoms in total. The fourth-order valence-corrected chi connectivity index (χ4v) is 2.62. The number of hydrogen-bond donors (Lipinski definition) is 1. The Bertz CT molecular complexity index is 614. The number of carbonyl (C=O) groups is 1. The summed E-state index contributed by atoms with van der Waals surface area (Å²) in [5, 5.41) is 14.7. The van der Waals surface area contributed by atoms with E-state index in [0.717, 1.165) is 31.4 Å². The Labute approximate surface area is 137 Å². The molecular formula is C17H25N5O. The molecule has 0 bridgehead atoms. The molecule has 1 aromatic heterocycles. The Balaban J connectivity index is 2.02. The molecule has 1 heterocycles. The number of aryl methyl sites for hydroxylation is 1. The Hall–Kier alpha value is -2.24. The Kier molecular flexibility index (Phi) is 6.26. The number of rotatable bonds is 8. The number of aromatic nitrogens is 4. The van der Waals surface area contributed by atoms with E-state index in [0.29, 0.717) is 12.4 Å². The molecule has 6 heteroatoms. The monoisotopic (exact) mass is 315 g/mol. The summed E-state index contributed by atoms with van der Waals surface area (Å²) >= 11 is 0. The second kappa shape index (κ2) is 8.41. The summed E-state index contributed by atoms with van der Waals surface area (Å²) in [5.41, 5.74) is 2.07. The summed E-state index contributed by atoms with van der Waals surface area (Å²) in [6, 6.07) is 7.96. The van der Waals surface area contributed by atoms with Crippen molar-refractivity contribution in [1.82, 2.24) is 25.5 Å². The van der Waals surface area contributed by atoms with Crippen molar-refractivity contribution in [2.75, 3.05) is 0 Å². The lowest BCUT2D eigenvalue weighted by atomic mass is 9.97. The van der Waals surface area contributed by atoms with Crippen molar-refractivity contribution in [2.45, 2.75) is 53.0 Å². The fourth-order valence-electron chi connectivity index (χ4n) is 2.62. The van der Waals surface area contributed by atoms with Gasteiger partial charge in [-0.05, 0) is 42.3 Å². The van der Waals surface area contributed by atoms with Crippen LogP contribution in [0.3, 0.4) is 0 Å². The molecule has 0 aliphatic carbocycles. The van der Waals surface area contributed by atoms with Crippen molar-refractivity contribution in [1.29, 1.82) is 0 Å². The first-order valence-electron chi connectivity index (χ1n) is 8.27. The molecule has 0 unspecified atom stereocenters. The molecule has 0 saturated carbocycles. The van der Waals surface area contributed by atoms with Crippen LogP contribution in [-0.2, 0) is 11.3 Å². The first-order valence-corrected chi connectivity index (χ1v) is 8.27. The van der Waals surface area contributed by atoms with Crippen molar-refractivity contribution in [2.24, 2.45) is 5.92 Å². The molecule has 2 aromatic rings. The van der Waals surface area contributed by atoms with Crippen LogP contribution in [0.4, 0.5) is 0 Å². The highest BCUT2D eigenvalue weighted by molar-refractivity contribution is 5.78. The van der Waals surface area contributed by atoms with E-state index in [4.69, 9.17) is 0 Å². The van der Waals surface area contributed by atoms with Crippen molar-refractivity contribution >= 4 is 5.91 Å². The molecule has 1 N–H and O–H groups in total. The van der Waals surface area contributed by atoms with E-state index in [1.807, 2.05) is 31.2 Å². The number of benzene rings is 1. The van der Waals surface area contributed by atoms with Crippen molar-refractivity contribution in [3.05, 3.63) is 35.7 Å². The minimum Gasteiger partial charge on any atom is -0.348 e. The molecule has 0 aliphatic rings. The van der Waals surface area contributed by atoms with E-state index in [2.05, 4.69) is 34.7 Å². The molecule has 0 saturated heterocycles. The van der Waals surface area contributed by atoms with Crippen LogP contribution in [0.25, 0.3) is 5.69 Å². The van der Waals surface area contributed by atoms with Crippen LogP contribution in [0.1, 0.15) is 50.9 Å². The SMILES string of the molecule is CCCC(CCC)C(=O)NCc1nnnn1-c1ccc(C)cc1. The predicted molar refractivity (Wildman–Crippen MR) is 89.0 cm³/mol. The maximum atomic E-state index is 12.3. The highest BCUT2D eigenvalue weighted by Crippen LogP contribution is 2.14. The second-order valence-corrected chi connectivity index (χ2v) is 5.83. The summed E-state index contributed by atoms with van der Waals surface area (Å²) in [4.78, 5) is 12.3. The van der Waals surface area contributed by atoms with Crippen LogP contribution in [0.2, 0.25) is 0 Å². The van der Waals surface area contributed by atoms with Gasteiger partial charge in [0.05, 0.1) is 12.2 Å². The quantitative estimate of drug-likeness (QED) is 0.813. The maximum absolute atomic E-state index is 12.3. The average molecular weight is 315 g/mol. The van der Waals surface area contributed by atoms with E-state index in [1.54, 1.807) is 4.68 Å². The number of hydrogen-bond acceptors (Lipinski definition) is 4. The van der Waals surface area contributed by atoms with Crippen LogP contribution in [0.5, 0.6) is 0 Å². The van der Waals surface area contributed by atoms with Crippen molar-refractivity contribution < 1.29 is 4.79 Å². The zero-order valence-electron chi connectivity index (χ0n) is 14.1. The fraction of sp³-hybridized carbons (Fsp3) is 0.529. The Morgan fingerprint density at radius 3 is 2.43 bits per heavy atom. The predicted octanol–water partition coefficient (Wildman–Crippen LogP) is 2.80. The molecule has 0 fully saturated rings. The topological polar surface area (TPSA) is 72.7 Å². The third kappa shape index (κ3) is 4.61. The van der Waals surface area contributed by atoms with Gasteiger partial charge in [0.25, 0.3) is 0 Å². The molecule has 124 valence electrons. The van der Waals surface area contributed by atoms with Gasteiger partial charge in [0.2, 0.25) is 5.91 Å². The smallest absolute Gasteiger partial charge is 0.223 e. The van der Waals surface area contributed by atoms with Crippen molar-refractivity contribution in [3.63, 3.8) is 0 Å². The van der Waals surface area contributed by atoms with Gasteiger partial charge < -0.3 is 5.32 Å². The van der Waals surface area contributed by atoms with Crippen LogP contribution in [0.15, 0.2) is 24.3 Å². The second-order valence-electron chi connectivity index (χ2n) is 5.83. The summed E-state index contributed by atoms with van der Waals surface area (Å²) in [6.45, 7) is 6.58. The van der Waals surface area contributed by atoms with Gasteiger partial charge in [-0.25, -0.2) is 0 Å². The number of amides is 1. The molecule has 2 rings (SSSR count). The Morgan fingerprint density at radius 1 is 1.17 bits per heavy atom. The first-order chi connectivity index (χ1) is 11.2. The van der Waals surface area contributed by atoms with Crippen LogP contribution in [-0.4, -0.2) is 26.1 Å². The van der Waals surface area contributed by atoms with Gasteiger partial charge >= 0.3 is 0 Å². The standard InChI is InChI=1S/C17H25N5O/c1-4-6-14(7-5-2)17(23)18-12-16-19-20-21-22(16)15-10-8-13(3)9-11-15/h8-11,14H,4-7,12H2,1-3H3,(H,18,23). The molecule has 0 spiro atoms. The number of tetrazole rings is 1. The van der Waals surface area contributed by atoms with Gasteiger partial charge in [-0.1, -0.05) is 44.4 Å². The number of carbonyl (C=O) groups excluding carboxylic acids is 1. The average Bonchev–Trinajstić information content (AvgIpc) is 3.01. The number of nitrogens with zero attached hydrogens (tertiary/aromatic N) is 4. The zero-order chi connectivity index (χ0) is 16.7. The first kappa shape index (κ1) is 17.1. The minimum absolute atomic E-state index is 0.0775. The molecule has 1 amide bonds. The maximum Gasteiger partial charge on any atom is 0.223 e. The van der Waals surface area contributed by atoms with Gasteiger partial charge in [-0.2, -0.15) is 4.68 Å². The lowest BCUT2D eigenvalue weighted by Gasteiger charge is -2.15. The Morgan fingerprint density at radius 2 is 1.83 bits per heavy atom. The van der Waals surface area contributed by atoms with Crippen molar-refractivity contribution in [3.8, 4) is 5.69 Å². The summed E-state index contributed by atoms with van der Waals surface area (Å²) in [5.74, 6) is 0.801. The van der Waals surface area contributed by atoms with Gasteiger partial charge in [-0.3, -0.25) is 4.79 Å². The van der Waals surface area contributed by atoms with Crippen LogP contribution >= 0.6 is 0 Å². The number of nitrogens with one attached hydrogen (secondary N) is 1. The molecule has 23 heavy (non-hydrogen) atoms. The minimum atomic E-state index is 0.0775. The third-order valence-corrected chi connectivity index (χ3v) is 3.88. The van der Waals surface area contributed by atoms with Gasteiger partial charge in [0.15, 0.2) is 5.82 Å². The van der Waals surface area contributed by atoms with E-state index >= 15 is 0 Å². The van der Waals surface area contributed by atoms with E-state index < -0.39 is 0 Å². The lowest BCUT2D eigenvalue weighted by molar-refractivity contribution is -0.125. The molecule has 1 aromatic carbocycles. The van der Waals surface area contributed by atoms with E-state index in [1.165, 1.54) is 5.56 Å². The van der Waals surface area contributed by atoms with Gasteiger partial charge in [0.1, 0.15) is 0 Å². The highest BCUT2D eigenvalue weighted by atomic mass is 16.1. The zero-order valence-corrected chi connectivity index (χ0v) is 14.1. The molecule has 0 aliphatic heterocycles. The lowest BCUT2D eigenvalue weighted by Crippen LogP contribution is -2.31. The summed E-state index contributed by atoms with van der Waals surface area (Å²) < 4.78 is 1.66. The normalized spacial score (nSPS) is 11.0. The largest absolute Gasteiger partial charge is 0.348 e. The molecular weight excluding hydrogens is 290 g/mol. The van der Waals surface area contributed by atoms with Crippen LogP contribution in [0, 0.1) is 12.8 Å². The summed E-state index contributed by atoms with van der Waals surface area (Å²) in [7, 11) is 0. The van der Waals surface area contributed by atoms with Gasteiger partial charge in [0, 0.05) is 5.92 Å². The third-order valence-electron chi connectivity index (χ3n) is 3.88. The van der Waals surface area contributed by atoms with E-state index in [-0.39, 0.29) is 11.8 Å². The van der Waals surface area contributed by atoms with Gasteiger partial charge in [-0.15, -0.1) is 5.10 Å². The molecule has 0 radical (unpaired) electrons.